The van der Waals surface area contributed by atoms with Gasteiger partial charge in [-0.25, -0.2) is 13.8 Å². The summed E-state index contributed by atoms with van der Waals surface area (Å²) in [5.41, 5.74) is 7.30. The number of nitrogens with two attached hydrogens (primary N) is 1. The van der Waals surface area contributed by atoms with Crippen LogP contribution >= 0.6 is 0 Å². The molecule has 1 aliphatic heterocycles. The Hall–Kier alpha value is -3.84. The van der Waals surface area contributed by atoms with Crippen molar-refractivity contribution in [1.82, 2.24) is 14.8 Å². The van der Waals surface area contributed by atoms with Gasteiger partial charge in [-0.15, -0.1) is 0 Å². The highest BCUT2D eigenvalue weighted by Gasteiger charge is 2.37. The topological polar surface area (TPSA) is 114 Å². The number of primary amides is 1. The largest absolute Gasteiger partial charge is 0.366 e. The number of rotatable bonds is 5. The van der Waals surface area contributed by atoms with Gasteiger partial charge in [-0.3, -0.25) is 19.1 Å². The molecule has 1 aromatic heterocycles. The molecule has 0 bridgehead atoms. The first kappa shape index (κ1) is 24.8. The maximum atomic E-state index is 14.6. The van der Waals surface area contributed by atoms with Crippen molar-refractivity contribution in [2.75, 3.05) is 6.61 Å². The van der Waals surface area contributed by atoms with Gasteiger partial charge in [-0.05, 0) is 74.4 Å². The lowest BCUT2D eigenvalue weighted by molar-refractivity contribution is -0.183. The van der Waals surface area contributed by atoms with Gasteiger partial charge < -0.3 is 5.73 Å². The predicted octanol–water partition coefficient (Wildman–Crippen LogP) is 4.31. The van der Waals surface area contributed by atoms with E-state index in [2.05, 4.69) is 5.10 Å². The number of aromatic nitrogens is 2. The van der Waals surface area contributed by atoms with Gasteiger partial charge in [0.05, 0.1) is 40.9 Å². The van der Waals surface area contributed by atoms with Crippen molar-refractivity contribution in [3.8, 4) is 6.07 Å². The quantitative estimate of drug-likeness (QED) is 0.553. The van der Waals surface area contributed by atoms with Crippen molar-refractivity contribution in [3.05, 3.63) is 64.4 Å². The highest BCUT2D eigenvalue weighted by atomic mass is 19.1. The number of halogens is 2. The third-order valence-corrected chi connectivity index (χ3v) is 7.45. The Morgan fingerprint density at radius 3 is 2.59 bits per heavy atom. The summed E-state index contributed by atoms with van der Waals surface area (Å²) >= 11 is 0. The lowest BCUT2D eigenvalue weighted by Crippen LogP contribution is -2.37. The number of aryl methyl sites for hydroxylation is 1. The number of amides is 2. The molecular weight excluding hydrogens is 480 g/mol. The molecule has 1 saturated carbocycles. The SMILES string of the molecule is Cc1nn(CC2CCC(C(=O)N3OCC[C@H]3c3cc(F)cc(C#N)c3)CC2)c2cc(C(N)=O)cc(F)c12. The number of benzene rings is 2. The van der Waals surface area contributed by atoms with Crippen LogP contribution in [0.4, 0.5) is 8.78 Å². The average Bonchev–Trinajstić information content (AvgIpc) is 3.49. The molecule has 1 saturated heterocycles. The van der Waals surface area contributed by atoms with Crippen LogP contribution in [0.1, 0.15) is 65.3 Å². The summed E-state index contributed by atoms with van der Waals surface area (Å²) in [7, 11) is 0. The number of fused-ring (bicyclic) bond motifs is 1. The van der Waals surface area contributed by atoms with Gasteiger partial charge in [0.2, 0.25) is 11.8 Å². The summed E-state index contributed by atoms with van der Waals surface area (Å²) in [5.74, 6) is -1.87. The summed E-state index contributed by atoms with van der Waals surface area (Å²) in [4.78, 5) is 30.6. The lowest BCUT2D eigenvalue weighted by Gasteiger charge is -2.32. The second-order valence-corrected chi connectivity index (χ2v) is 9.89. The number of carbonyl (C=O) groups is 2. The smallest absolute Gasteiger partial charge is 0.249 e. The maximum Gasteiger partial charge on any atom is 0.249 e. The highest BCUT2D eigenvalue weighted by Crippen LogP contribution is 2.37. The van der Waals surface area contributed by atoms with Crippen molar-refractivity contribution in [2.24, 2.45) is 17.6 Å². The zero-order valence-corrected chi connectivity index (χ0v) is 20.4. The highest BCUT2D eigenvalue weighted by molar-refractivity contribution is 5.97. The Labute approximate surface area is 212 Å². The van der Waals surface area contributed by atoms with Gasteiger partial charge in [0.15, 0.2) is 0 Å². The molecule has 2 heterocycles. The van der Waals surface area contributed by atoms with E-state index >= 15 is 0 Å². The van der Waals surface area contributed by atoms with Crippen LogP contribution in [0.2, 0.25) is 0 Å². The number of hydroxylamine groups is 2. The normalized spacial score (nSPS) is 21.8. The summed E-state index contributed by atoms with van der Waals surface area (Å²) in [5, 5.41) is 15.4. The molecule has 192 valence electrons. The van der Waals surface area contributed by atoms with Crippen LogP contribution in [-0.4, -0.2) is 33.3 Å². The van der Waals surface area contributed by atoms with Crippen LogP contribution in [-0.2, 0) is 16.2 Å². The zero-order valence-electron chi connectivity index (χ0n) is 20.4. The summed E-state index contributed by atoms with van der Waals surface area (Å²) in [6.07, 6.45) is 3.38. The molecule has 3 aromatic rings. The van der Waals surface area contributed by atoms with Gasteiger partial charge >= 0.3 is 0 Å². The molecule has 37 heavy (non-hydrogen) atoms. The zero-order chi connectivity index (χ0) is 26.3. The molecule has 1 atom stereocenters. The van der Waals surface area contributed by atoms with Crippen molar-refractivity contribution in [1.29, 1.82) is 5.26 Å². The van der Waals surface area contributed by atoms with Crippen LogP contribution in [0, 0.1) is 41.7 Å². The maximum absolute atomic E-state index is 14.6. The standard InChI is InChI=1S/C27H27F2N5O3/c1-15-25-22(29)11-20(26(31)35)12-24(25)33(32-15)14-16-2-4-18(5-3-16)27(36)34-23(6-7-37-34)19-8-17(13-30)9-21(28)10-19/h8-12,16,18,23H,2-7,14H2,1H3,(H2,31,35)/t16?,18?,23-/m0/s1. The molecule has 2 aliphatic rings. The Kier molecular flexibility index (Phi) is 6.65. The van der Waals surface area contributed by atoms with Crippen LogP contribution in [0.3, 0.4) is 0 Å². The number of nitriles is 1. The molecule has 1 aliphatic carbocycles. The second-order valence-electron chi connectivity index (χ2n) is 9.89. The van der Waals surface area contributed by atoms with E-state index < -0.39 is 23.6 Å². The molecule has 2 amide bonds. The third kappa shape index (κ3) is 4.79. The molecule has 0 unspecified atom stereocenters. The lowest BCUT2D eigenvalue weighted by atomic mass is 9.81. The monoisotopic (exact) mass is 507 g/mol. The fourth-order valence-electron chi connectivity index (χ4n) is 5.60. The van der Waals surface area contributed by atoms with Crippen molar-refractivity contribution >= 4 is 22.7 Å². The van der Waals surface area contributed by atoms with E-state index in [1.165, 1.54) is 17.2 Å². The van der Waals surface area contributed by atoms with Crippen molar-refractivity contribution < 1.29 is 23.2 Å². The summed E-state index contributed by atoms with van der Waals surface area (Å²) in [6, 6.07) is 8.35. The van der Waals surface area contributed by atoms with Crippen LogP contribution < -0.4 is 5.73 Å². The van der Waals surface area contributed by atoms with Crippen molar-refractivity contribution in [3.63, 3.8) is 0 Å². The number of hydrogen-bond donors (Lipinski definition) is 1. The molecule has 0 radical (unpaired) electrons. The van der Waals surface area contributed by atoms with E-state index in [-0.39, 0.29) is 28.9 Å². The van der Waals surface area contributed by atoms with Gasteiger partial charge in [-0.2, -0.15) is 10.4 Å². The number of nitrogens with zero attached hydrogens (tertiary/aromatic N) is 4. The Bertz CT molecular complexity index is 1420. The number of carbonyl (C=O) groups excluding carboxylic acids is 2. The first-order valence-corrected chi connectivity index (χ1v) is 12.4. The van der Waals surface area contributed by atoms with Gasteiger partial charge in [0, 0.05) is 24.4 Å². The van der Waals surface area contributed by atoms with Crippen LogP contribution in [0.15, 0.2) is 30.3 Å². The fourth-order valence-corrected chi connectivity index (χ4v) is 5.60. The predicted molar refractivity (Wildman–Crippen MR) is 130 cm³/mol. The van der Waals surface area contributed by atoms with E-state index in [4.69, 9.17) is 10.6 Å². The number of hydrogen-bond acceptors (Lipinski definition) is 5. The van der Waals surface area contributed by atoms with E-state index in [0.717, 1.165) is 18.9 Å². The van der Waals surface area contributed by atoms with Gasteiger partial charge in [0.25, 0.3) is 0 Å². The molecule has 0 spiro atoms. The van der Waals surface area contributed by atoms with E-state index in [9.17, 15) is 23.6 Å². The van der Waals surface area contributed by atoms with E-state index in [1.54, 1.807) is 23.7 Å². The second kappa shape index (κ2) is 9.90. The minimum atomic E-state index is -0.699. The Morgan fingerprint density at radius 2 is 1.89 bits per heavy atom. The third-order valence-electron chi connectivity index (χ3n) is 7.45. The minimum absolute atomic E-state index is 0.0980. The molecule has 10 heteroatoms. The van der Waals surface area contributed by atoms with Crippen LogP contribution in [0.5, 0.6) is 0 Å². The van der Waals surface area contributed by atoms with E-state index in [0.29, 0.717) is 54.6 Å². The molecule has 8 nitrogen and oxygen atoms in total. The Morgan fingerprint density at radius 1 is 1.14 bits per heavy atom. The molecule has 2 fully saturated rings. The fraction of sp³-hybridized carbons (Fsp3) is 0.407. The average molecular weight is 508 g/mol. The van der Waals surface area contributed by atoms with Crippen LogP contribution in [0.25, 0.3) is 10.9 Å². The first-order chi connectivity index (χ1) is 17.7. The van der Waals surface area contributed by atoms with Gasteiger partial charge in [0.1, 0.15) is 11.6 Å². The molecule has 5 rings (SSSR count). The van der Waals surface area contributed by atoms with Gasteiger partial charge in [-0.1, -0.05) is 0 Å². The summed E-state index contributed by atoms with van der Waals surface area (Å²) in [6.45, 7) is 2.61. The minimum Gasteiger partial charge on any atom is -0.366 e. The summed E-state index contributed by atoms with van der Waals surface area (Å²) < 4.78 is 30.3. The molecule has 2 N–H and O–H groups in total. The molecule has 2 aromatic carbocycles. The van der Waals surface area contributed by atoms with Crippen molar-refractivity contribution in [2.45, 2.75) is 51.6 Å². The van der Waals surface area contributed by atoms with E-state index in [1.807, 2.05) is 6.07 Å². The molecular formula is C27H27F2N5O3. The first-order valence-electron chi connectivity index (χ1n) is 12.4. The Balaban J connectivity index is 1.27.